The van der Waals surface area contributed by atoms with Crippen molar-refractivity contribution in [2.75, 3.05) is 0 Å². The molecule has 0 radical (unpaired) electrons. The second kappa shape index (κ2) is 5.42. The van der Waals surface area contributed by atoms with Crippen molar-refractivity contribution < 1.29 is 19.2 Å². The molecule has 0 fully saturated rings. The Morgan fingerprint density at radius 3 is 1.11 bits per heavy atom. The number of hydrogen-bond donors (Lipinski definition) is 3. The normalized spacial score (nSPS) is 11.1. The molecule has 1 aromatic heterocycles. The molecule has 0 aliphatic heterocycles. The Morgan fingerprint density at radius 2 is 0.895 bits per heavy atom. The summed E-state index contributed by atoms with van der Waals surface area (Å²) in [6, 6.07) is 15.8. The van der Waals surface area contributed by atoms with Crippen LogP contribution < -0.4 is 0 Å². The third-order valence-corrected chi connectivity index (χ3v) is 2.25. The first kappa shape index (κ1) is 13.6. The van der Waals surface area contributed by atoms with Gasteiger partial charge < -0.3 is 14.7 Å². The average molecular weight is 278 g/mol. The van der Waals surface area contributed by atoms with Gasteiger partial charge in [-0.25, -0.2) is 14.5 Å². The minimum Gasteiger partial charge on any atom is -0.303 e. The molecule has 98 valence electrons. The predicted octanol–water partition coefficient (Wildman–Crippen LogP) is 1.85. The summed E-state index contributed by atoms with van der Waals surface area (Å²) in [6.07, 6.45) is 0. The van der Waals surface area contributed by atoms with E-state index in [9.17, 15) is 0 Å². The lowest BCUT2D eigenvalue weighted by atomic mass is 10.2. The first-order valence-electron chi connectivity index (χ1n) is 5.33. The van der Waals surface area contributed by atoms with Crippen LogP contribution in [0, 0.1) is 0 Å². The van der Waals surface area contributed by atoms with Crippen molar-refractivity contribution in [1.29, 1.82) is 0 Å². The van der Waals surface area contributed by atoms with Gasteiger partial charge in [0.1, 0.15) is 0 Å². The van der Waals surface area contributed by atoms with Crippen molar-refractivity contribution in [3.8, 4) is 0 Å². The van der Waals surface area contributed by atoms with Crippen LogP contribution >= 0.6 is 7.82 Å². The van der Waals surface area contributed by atoms with Gasteiger partial charge in [0.15, 0.2) is 0 Å². The van der Waals surface area contributed by atoms with Crippen LogP contribution in [-0.2, 0) is 4.57 Å². The summed E-state index contributed by atoms with van der Waals surface area (Å²) in [5.74, 6) is 0. The summed E-state index contributed by atoms with van der Waals surface area (Å²) in [5.41, 5.74) is 3.80. The van der Waals surface area contributed by atoms with E-state index < -0.39 is 7.82 Å². The molecule has 2 aromatic carbocycles. The molecule has 0 aliphatic rings. The lowest BCUT2D eigenvalue weighted by Gasteiger charge is -1.98. The molecule has 0 unspecified atom stereocenters. The van der Waals surface area contributed by atoms with E-state index >= 15 is 0 Å². The smallest absolute Gasteiger partial charge is 0.303 e. The van der Waals surface area contributed by atoms with Crippen LogP contribution in [0.1, 0.15) is 0 Å². The maximum Gasteiger partial charge on any atom is 0.466 e. The number of para-hydroxylation sites is 4. The Bertz CT molecular complexity index is 643. The zero-order valence-corrected chi connectivity index (χ0v) is 10.6. The van der Waals surface area contributed by atoms with Crippen LogP contribution in [0.15, 0.2) is 48.5 Å². The molecule has 0 atom stereocenters. The Balaban J connectivity index is 0.000000232. The molecule has 0 saturated carbocycles. The van der Waals surface area contributed by atoms with E-state index in [0.29, 0.717) is 0 Å². The van der Waals surface area contributed by atoms with E-state index in [1.807, 2.05) is 48.5 Å². The number of nitrogens with zero attached hydrogens (tertiary/aromatic N) is 2. The van der Waals surface area contributed by atoms with Crippen LogP contribution in [0.25, 0.3) is 22.1 Å². The zero-order valence-electron chi connectivity index (χ0n) is 9.71. The quantitative estimate of drug-likeness (QED) is 0.428. The van der Waals surface area contributed by atoms with Gasteiger partial charge in [0.05, 0.1) is 22.1 Å². The molecule has 7 heteroatoms. The molecular weight excluding hydrogens is 267 g/mol. The molecule has 3 aromatic rings. The SMILES string of the molecule is O=P(O)(O)O.c1ccc2nc3ccccc3nc2c1. The lowest BCUT2D eigenvalue weighted by Crippen LogP contribution is -1.85. The highest BCUT2D eigenvalue weighted by Crippen LogP contribution is 2.25. The van der Waals surface area contributed by atoms with Gasteiger partial charge in [-0.1, -0.05) is 24.3 Å². The number of rotatable bonds is 0. The second-order valence-corrected chi connectivity index (χ2v) is 4.74. The third-order valence-electron chi connectivity index (χ3n) is 2.25. The fraction of sp³-hybridized carbons (Fsp3) is 0. The summed E-state index contributed by atoms with van der Waals surface area (Å²) in [7, 11) is -4.64. The summed E-state index contributed by atoms with van der Waals surface area (Å²) in [6.45, 7) is 0. The van der Waals surface area contributed by atoms with Crippen LogP contribution in [0.3, 0.4) is 0 Å². The van der Waals surface area contributed by atoms with E-state index in [-0.39, 0.29) is 0 Å². The molecular formula is C12H11N2O4P. The van der Waals surface area contributed by atoms with Crippen molar-refractivity contribution >= 4 is 29.9 Å². The Labute approximate surface area is 108 Å². The van der Waals surface area contributed by atoms with E-state index in [2.05, 4.69) is 9.97 Å². The number of fused-ring (bicyclic) bond motifs is 2. The molecule has 0 amide bonds. The highest BCUT2D eigenvalue weighted by molar-refractivity contribution is 7.45. The zero-order chi connectivity index (χ0) is 13.9. The molecule has 6 nitrogen and oxygen atoms in total. The largest absolute Gasteiger partial charge is 0.466 e. The summed E-state index contributed by atoms with van der Waals surface area (Å²) in [4.78, 5) is 30.6. The van der Waals surface area contributed by atoms with Gasteiger partial charge >= 0.3 is 7.82 Å². The highest BCUT2D eigenvalue weighted by atomic mass is 31.2. The third kappa shape index (κ3) is 4.08. The molecule has 0 aliphatic carbocycles. The van der Waals surface area contributed by atoms with E-state index in [1.54, 1.807) is 0 Å². The highest BCUT2D eigenvalue weighted by Gasteiger charge is 2.00. The van der Waals surface area contributed by atoms with E-state index in [1.165, 1.54) is 0 Å². The Morgan fingerprint density at radius 1 is 0.684 bits per heavy atom. The number of benzene rings is 2. The van der Waals surface area contributed by atoms with Gasteiger partial charge in [-0.3, -0.25) is 0 Å². The molecule has 0 saturated heterocycles. The van der Waals surface area contributed by atoms with Crippen LogP contribution in [-0.4, -0.2) is 24.6 Å². The Hall–Kier alpha value is -1.85. The van der Waals surface area contributed by atoms with Gasteiger partial charge in [0.25, 0.3) is 0 Å². The number of hydrogen-bond acceptors (Lipinski definition) is 3. The Kier molecular flexibility index (Phi) is 3.87. The summed E-state index contributed by atoms with van der Waals surface area (Å²) < 4.78 is 8.88. The van der Waals surface area contributed by atoms with Crippen LogP contribution in [0.4, 0.5) is 0 Å². The standard InChI is InChI=1S/C12H8N2.H3O4P/c1-2-6-10-9(5-1)13-11-7-3-4-8-12(11)14-10;1-5(2,3)4/h1-8H;(H3,1,2,3,4). The minimum atomic E-state index is -4.64. The van der Waals surface area contributed by atoms with E-state index in [0.717, 1.165) is 22.1 Å². The maximum absolute atomic E-state index is 8.88. The molecule has 0 spiro atoms. The topological polar surface area (TPSA) is 104 Å². The van der Waals surface area contributed by atoms with Gasteiger partial charge in [-0.2, -0.15) is 0 Å². The molecule has 3 N–H and O–H groups in total. The monoisotopic (exact) mass is 278 g/mol. The minimum absolute atomic E-state index is 0.950. The van der Waals surface area contributed by atoms with Crippen molar-refractivity contribution in [2.24, 2.45) is 0 Å². The van der Waals surface area contributed by atoms with Crippen molar-refractivity contribution in [3.63, 3.8) is 0 Å². The molecule has 3 rings (SSSR count). The van der Waals surface area contributed by atoms with E-state index in [4.69, 9.17) is 19.2 Å². The summed E-state index contributed by atoms with van der Waals surface area (Å²) >= 11 is 0. The predicted molar refractivity (Wildman–Crippen MR) is 71.3 cm³/mol. The van der Waals surface area contributed by atoms with Crippen LogP contribution in [0.5, 0.6) is 0 Å². The van der Waals surface area contributed by atoms with Crippen LogP contribution in [0.2, 0.25) is 0 Å². The molecule has 1 heterocycles. The van der Waals surface area contributed by atoms with Gasteiger partial charge in [-0.15, -0.1) is 0 Å². The average Bonchev–Trinajstić information content (AvgIpc) is 2.34. The number of phosphoric acid groups is 1. The molecule has 0 bridgehead atoms. The first-order chi connectivity index (χ1) is 8.93. The van der Waals surface area contributed by atoms with Gasteiger partial charge in [0.2, 0.25) is 0 Å². The summed E-state index contributed by atoms with van der Waals surface area (Å²) in [5, 5.41) is 0. The molecule has 19 heavy (non-hydrogen) atoms. The first-order valence-corrected chi connectivity index (χ1v) is 6.90. The van der Waals surface area contributed by atoms with Crippen molar-refractivity contribution in [2.45, 2.75) is 0 Å². The number of aromatic nitrogens is 2. The van der Waals surface area contributed by atoms with Crippen molar-refractivity contribution in [3.05, 3.63) is 48.5 Å². The fourth-order valence-corrected chi connectivity index (χ4v) is 1.57. The second-order valence-electron chi connectivity index (χ2n) is 3.71. The van der Waals surface area contributed by atoms with Crippen molar-refractivity contribution in [1.82, 2.24) is 9.97 Å². The maximum atomic E-state index is 8.88. The van der Waals surface area contributed by atoms with Gasteiger partial charge in [-0.05, 0) is 24.3 Å². The lowest BCUT2D eigenvalue weighted by molar-refractivity contribution is 0.275. The van der Waals surface area contributed by atoms with Gasteiger partial charge in [0, 0.05) is 0 Å². The fourth-order valence-electron chi connectivity index (χ4n) is 1.57.